The van der Waals surface area contributed by atoms with Gasteiger partial charge in [-0.25, -0.2) is 15.0 Å². The Hall–Kier alpha value is -8.47. The topological polar surface area (TPSA) is 43.6 Å². The molecule has 4 nitrogen and oxygen atoms in total. The van der Waals surface area contributed by atoms with Gasteiger partial charge >= 0.3 is 0 Å². The monoisotopic (exact) mass is 802 g/mol. The van der Waals surface area contributed by atoms with E-state index in [2.05, 4.69) is 199 Å². The van der Waals surface area contributed by atoms with Gasteiger partial charge in [0.05, 0.1) is 33.6 Å². The first-order valence-electron chi connectivity index (χ1n) is 21.4. The third-order valence-corrected chi connectivity index (χ3v) is 12.2. The second kappa shape index (κ2) is 15.2. The highest BCUT2D eigenvalue weighted by Crippen LogP contribution is 2.43. The van der Waals surface area contributed by atoms with Crippen molar-refractivity contribution >= 4 is 43.5 Å². The molecule has 0 unspecified atom stereocenters. The maximum Gasteiger partial charge on any atom is 0.160 e. The third-order valence-electron chi connectivity index (χ3n) is 12.2. The summed E-state index contributed by atoms with van der Waals surface area (Å²) in [5, 5.41) is 5.97. The van der Waals surface area contributed by atoms with Crippen LogP contribution in [0.3, 0.4) is 0 Å². The summed E-state index contributed by atoms with van der Waals surface area (Å²) in [6.07, 6.45) is 0. The molecule has 0 amide bonds. The summed E-state index contributed by atoms with van der Waals surface area (Å²) in [5.41, 5.74) is 16.0. The molecule has 63 heavy (non-hydrogen) atoms. The van der Waals surface area contributed by atoms with Gasteiger partial charge in [0.15, 0.2) is 5.82 Å². The lowest BCUT2D eigenvalue weighted by Gasteiger charge is -2.12. The zero-order valence-corrected chi connectivity index (χ0v) is 34.2. The smallest absolute Gasteiger partial charge is 0.160 e. The number of benzene rings is 9. The molecule has 0 atom stereocenters. The van der Waals surface area contributed by atoms with Gasteiger partial charge in [-0.05, 0) is 64.7 Å². The summed E-state index contributed by atoms with van der Waals surface area (Å²) in [7, 11) is 0. The molecule has 0 radical (unpaired) electrons. The van der Waals surface area contributed by atoms with E-state index in [1.54, 1.807) is 0 Å². The average molecular weight is 803 g/mol. The lowest BCUT2D eigenvalue weighted by atomic mass is 9.95. The quantitative estimate of drug-likeness (QED) is 0.151. The van der Waals surface area contributed by atoms with E-state index in [9.17, 15) is 0 Å². The average Bonchev–Trinajstić information content (AvgIpc) is 3.71. The van der Waals surface area contributed by atoms with E-state index >= 15 is 0 Å². The van der Waals surface area contributed by atoms with Crippen LogP contribution in [-0.2, 0) is 0 Å². The van der Waals surface area contributed by atoms with Gasteiger partial charge in [0, 0.05) is 54.9 Å². The van der Waals surface area contributed by atoms with E-state index in [4.69, 9.17) is 15.0 Å². The zero-order valence-electron chi connectivity index (χ0n) is 34.2. The first-order chi connectivity index (χ1) is 31.2. The van der Waals surface area contributed by atoms with Gasteiger partial charge in [0.2, 0.25) is 0 Å². The van der Waals surface area contributed by atoms with Crippen LogP contribution >= 0.6 is 0 Å². The van der Waals surface area contributed by atoms with Crippen molar-refractivity contribution in [3.8, 4) is 73.1 Å². The predicted octanol–water partition coefficient (Wildman–Crippen LogP) is 15.3. The van der Waals surface area contributed by atoms with Gasteiger partial charge in [-0.3, -0.25) is 0 Å². The first kappa shape index (κ1) is 36.4. The van der Waals surface area contributed by atoms with Crippen LogP contribution in [0, 0.1) is 0 Å². The van der Waals surface area contributed by atoms with Crippen LogP contribution in [0.4, 0.5) is 0 Å². The summed E-state index contributed by atoms with van der Waals surface area (Å²) in [6, 6.07) is 81.6. The Labute approximate surface area is 365 Å². The number of fused-ring (bicyclic) bond motifs is 7. The molecule has 0 aliphatic rings. The van der Waals surface area contributed by atoms with Gasteiger partial charge in [-0.1, -0.05) is 188 Å². The molecular weight excluding hydrogens is 765 g/mol. The van der Waals surface area contributed by atoms with Crippen molar-refractivity contribution in [2.24, 2.45) is 0 Å². The summed E-state index contributed by atoms with van der Waals surface area (Å²) in [6.45, 7) is 0. The maximum absolute atomic E-state index is 5.25. The minimum atomic E-state index is 0.711. The highest BCUT2D eigenvalue weighted by molar-refractivity contribution is 6.29. The molecule has 12 rings (SSSR count). The van der Waals surface area contributed by atoms with Gasteiger partial charge in [0.1, 0.15) is 0 Å². The summed E-state index contributed by atoms with van der Waals surface area (Å²) in [4.78, 5) is 15.3. The van der Waals surface area contributed by atoms with E-state index in [1.165, 1.54) is 21.7 Å². The molecule has 0 saturated heterocycles. The molecule has 0 aliphatic carbocycles. The molecule has 0 fully saturated rings. The minimum absolute atomic E-state index is 0.711. The lowest BCUT2D eigenvalue weighted by Crippen LogP contribution is -1.95. The van der Waals surface area contributed by atoms with Crippen molar-refractivity contribution in [2.45, 2.75) is 0 Å². The number of nitrogens with zero attached hydrogens (tertiary/aromatic N) is 4. The van der Waals surface area contributed by atoms with Gasteiger partial charge < -0.3 is 4.57 Å². The molecule has 0 aliphatic heterocycles. The predicted molar refractivity (Wildman–Crippen MR) is 262 cm³/mol. The van der Waals surface area contributed by atoms with Crippen molar-refractivity contribution in [3.05, 3.63) is 231 Å². The number of hydrogen-bond acceptors (Lipinski definition) is 3. The molecule has 0 saturated carbocycles. The number of rotatable bonds is 7. The maximum atomic E-state index is 5.25. The van der Waals surface area contributed by atoms with Crippen LogP contribution in [-0.4, -0.2) is 19.5 Å². The molecule has 4 heteroatoms. The molecule has 0 spiro atoms. The van der Waals surface area contributed by atoms with E-state index in [1.807, 2.05) is 36.4 Å². The van der Waals surface area contributed by atoms with E-state index < -0.39 is 0 Å². The molecule has 12 aromatic rings. The van der Waals surface area contributed by atoms with Crippen molar-refractivity contribution in [1.29, 1.82) is 0 Å². The molecule has 9 aromatic carbocycles. The molecular formula is C59H38N4. The number of pyridine rings is 1. The van der Waals surface area contributed by atoms with Crippen LogP contribution in [0.25, 0.3) is 117 Å². The molecule has 0 N–H and O–H groups in total. The number of para-hydroxylation sites is 2. The summed E-state index contributed by atoms with van der Waals surface area (Å²) < 4.78 is 2.42. The van der Waals surface area contributed by atoms with Gasteiger partial charge in [-0.2, -0.15) is 0 Å². The largest absolute Gasteiger partial charge is 0.309 e. The Kier molecular flexibility index (Phi) is 8.79. The van der Waals surface area contributed by atoms with E-state index in [0.29, 0.717) is 5.82 Å². The van der Waals surface area contributed by atoms with Crippen LogP contribution in [0.1, 0.15) is 0 Å². The number of aromatic nitrogens is 4. The SMILES string of the molecule is c1ccc(-c2cc(-c3ccc(-c4cccc(-c5ccc6c7c8c(ccc7n(-c7ccccc7)c6c5)c(-c5ccccc5)nc5ccccc58)c4)cc3)nc(-c3ccccc3)n2)cc1. The Morgan fingerprint density at radius 3 is 1.52 bits per heavy atom. The van der Waals surface area contributed by atoms with Crippen LogP contribution in [0.5, 0.6) is 0 Å². The second-order valence-electron chi connectivity index (χ2n) is 16.0. The Bertz CT molecular complexity index is 3580. The lowest BCUT2D eigenvalue weighted by molar-refractivity contribution is 1.18. The number of hydrogen-bond donors (Lipinski definition) is 0. The van der Waals surface area contributed by atoms with Crippen LogP contribution in [0.15, 0.2) is 231 Å². The fourth-order valence-corrected chi connectivity index (χ4v) is 9.18. The van der Waals surface area contributed by atoms with Crippen molar-refractivity contribution in [2.75, 3.05) is 0 Å². The molecule has 3 heterocycles. The normalized spacial score (nSPS) is 11.5. The van der Waals surface area contributed by atoms with Crippen molar-refractivity contribution in [1.82, 2.24) is 19.5 Å². The zero-order chi connectivity index (χ0) is 41.7. The van der Waals surface area contributed by atoms with Crippen molar-refractivity contribution < 1.29 is 0 Å². The fourth-order valence-electron chi connectivity index (χ4n) is 9.18. The van der Waals surface area contributed by atoms with E-state index in [-0.39, 0.29) is 0 Å². The summed E-state index contributed by atoms with van der Waals surface area (Å²) in [5.74, 6) is 0.711. The van der Waals surface area contributed by atoms with Crippen molar-refractivity contribution in [3.63, 3.8) is 0 Å². The molecule has 0 bridgehead atoms. The molecule has 294 valence electrons. The van der Waals surface area contributed by atoms with E-state index in [0.717, 1.165) is 89.1 Å². The third kappa shape index (κ3) is 6.44. The fraction of sp³-hybridized carbons (Fsp3) is 0. The first-order valence-corrected chi connectivity index (χ1v) is 21.4. The second-order valence-corrected chi connectivity index (χ2v) is 16.0. The Morgan fingerprint density at radius 2 is 0.810 bits per heavy atom. The standard InChI is InChI=1S/C59H38N4/c1-5-16-40(17-6-1)52-38-53(62-59(61-52)43-20-9-3-10-21-43)41-30-28-39(29-31-41)44-22-15-23-45(36-44)46-32-33-49-55(37-46)63(47-24-11-4-12-25-47)54-35-34-50-56(57(49)54)48-26-13-14-27-51(48)60-58(50)42-18-7-2-8-19-42/h1-38H. The Morgan fingerprint density at radius 1 is 0.286 bits per heavy atom. The highest BCUT2D eigenvalue weighted by atomic mass is 15.0. The van der Waals surface area contributed by atoms with Crippen LogP contribution in [0.2, 0.25) is 0 Å². The minimum Gasteiger partial charge on any atom is -0.309 e. The Balaban J connectivity index is 0.976. The highest BCUT2D eigenvalue weighted by Gasteiger charge is 2.20. The summed E-state index contributed by atoms with van der Waals surface area (Å²) >= 11 is 0. The molecule has 3 aromatic heterocycles. The van der Waals surface area contributed by atoms with Gasteiger partial charge in [0.25, 0.3) is 0 Å². The van der Waals surface area contributed by atoms with Gasteiger partial charge in [-0.15, -0.1) is 0 Å². The van der Waals surface area contributed by atoms with Crippen LogP contribution < -0.4 is 0 Å².